The van der Waals surface area contributed by atoms with Crippen molar-refractivity contribution in [3.05, 3.63) is 119 Å². The van der Waals surface area contributed by atoms with E-state index in [9.17, 15) is 34.5 Å². The molecule has 6 aromatic rings. The van der Waals surface area contributed by atoms with E-state index in [4.69, 9.17) is 4.74 Å². The number of phenols is 2. The van der Waals surface area contributed by atoms with E-state index in [0.717, 1.165) is 81.0 Å². The number of aryl methyl sites for hydroxylation is 1. The summed E-state index contributed by atoms with van der Waals surface area (Å²) in [6.45, 7) is 11.9. The van der Waals surface area contributed by atoms with Gasteiger partial charge in [-0.25, -0.2) is 4.98 Å². The third kappa shape index (κ3) is 12.9. The largest absolute Gasteiger partial charge is 0.508 e. The molecule has 4 unspecified atom stereocenters. The summed E-state index contributed by atoms with van der Waals surface area (Å²) in [6.07, 6.45) is 6.60. The molecule has 8 rings (SSSR count). The molecule has 2 fully saturated rings. The van der Waals surface area contributed by atoms with Gasteiger partial charge in [0.05, 0.1) is 28.2 Å². The summed E-state index contributed by atoms with van der Waals surface area (Å²) in [5.41, 5.74) is 6.04. The van der Waals surface area contributed by atoms with Crippen LogP contribution in [0.25, 0.3) is 31.0 Å². The maximum atomic E-state index is 14.2. The fourth-order valence-electron chi connectivity index (χ4n) is 9.55. The van der Waals surface area contributed by atoms with Crippen LogP contribution in [0, 0.1) is 12.3 Å². The molecule has 2 aliphatic rings. The molecule has 4 aromatic carbocycles. The SMILES string of the molecule is Cc1ncsc1-c1ccc(C(C)NC(=O)C2CC(O)CN2C(=O)C(NC(=O)CCCCCCCN(CCOc2ccc(C(=O)c3c(-c4ccc(O)cc4)sc4cc(O)ccc34)cc2)C2CC2)C(C)(C)C)cc1. The molecule has 15 heteroatoms. The molecule has 0 spiro atoms. The molecular weight excluding hydrogens is 947 g/mol. The van der Waals surface area contributed by atoms with Gasteiger partial charge in [0.2, 0.25) is 17.7 Å². The number of nitrogens with zero attached hydrogens (tertiary/aromatic N) is 3. The number of phenolic OH excluding ortho intramolecular Hbond substituents is 2. The average Bonchev–Trinajstić information content (AvgIpc) is 3.82. The normalized spacial score (nSPS) is 16.7. The van der Waals surface area contributed by atoms with Gasteiger partial charge in [-0.2, -0.15) is 0 Å². The van der Waals surface area contributed by atoms with Gasteiger partial charge in [-0.3, -0.25) is 24.1 Å². The monoisotopic (exact) mass is 1010 g/mol. The molecule has 5 N–H and O–H groups in total. The van der Waals surface area contributed by atoms with Crippen molar-refractivity contribution < 1.29 is 39.2 Å². The lowest BCUT2D eigenvalue weighted by molar-refractivity contribution is -0.144. The van der Waals surface area contributed by atoms with Crippen LogP contribution in [0.2, 0.25) is 0 Å². The van der Waals surface area contributed by atoms with Gasteiger partial charge in [-0.05, 0) is 135 Å². The number of aromatic nitrogens is 1. The zero-order valence-electron chi connectivity index (χ0n) is 41.9. The van der Waals surface area contributed by atoms with Crippen LogP contribution in [0.3, 0.4) is 0 Å². The third-order valence-corrected chi connectivity index (χ3v) is 15.9. The summed E-state index contributed by atoms with van der Waals surface area (Å²) in [4.78, 5) is 65.4. The molecule has 3 amide bonds. The van der Waals surface area contributed by atoms with E-state index in [1.54, 1.807) is 65.9 Å². The Bertz CT molecular complexity index is 2830. The number of ether oxygens (including phenoxy) is 1. The van der Waals surface area contributed by atoms with Crippen molar-refractivity contribution >= 4 is 56.3 Å². The lowest BCUT2D eigenvalue weighted by Crippen LogP contribution is -2.57. The highest BCUT2D eigenvalue weighted by Gasteiger charge is 2.44. The minimum absolute atomic E-state index is 0.0219. The van der Waals surface area contributed by atoms with E-state index in [2.05, 4.69) is 20.5 Å². The van der Waals surface area contributed by atoms with Crippen LogP contribution in [0.4, 0.5) is 0 Å². The number of unbranched alkanes of at least 4 members (excludes halogenated alkanes) is 4. The lowest BCUT2D eigenvalue weighted by atomic mass is 9.85. The van der Waals surface area contributed by atoms with E-state index in [1.807, 2.05) is 76.5 Å². The van der Waals surface area contributed by atoms with Crippen LogP contribution in [-0.2, 0) is 14.4 Å². The Morgan fingerprint density at radius 3 is 2.18 bits per heavy atom. The summed E-state index contributed by atoms with van der Waals surface area (Å²) < 4.78 is 6.97. The first kappa shape index (κ1) is 52.2. The highest BCUT2D eigenvalue weighted by molar-refractivity contribution is 7.22. The molecule has 0 bridgehead atoms. The van der Waals surface area contributed by atoms with E-state index >= 15 is 0 Å². The van der Waals surface area contributed by atoms with Crippen molar-refractivity contribution in [2.24, 2.45) is 5.41 Å². The van der Waals surface area contributed by atoms with E-state index in [1.165, 1.54) is 29.1 Å². The molecule has 1 saturated carbocycles. The van der Waals surface area contributed by atoms with Crippen molar-refractivity contribution in [1.82, 2.24) is 25.4 Å². The van der Waals surface area contributed by atoms with Crippen molar-refractivity contribution in [1.29, 1.82) is 0 Å². The highest BCUT2D eigenvalue weighted by atomic mass is 32.1. The standard InChI is InChI=1S/C57H67N5O8S2/c1-35(37-12-14-39(15-13-37)52-36(2)58-34-71-52)59-55(68)47-31-44(65)33-62(47)56(69)54(57(3,4)5)60-49(66)11-9-7-6-8-10-28-61(41-20-21-41)29-30-70-45-25-18-38(19-26-45)51(67)50-46-27-24-43(64)32-48(46)72-53(50)40-16-22-42(63)23-17-40/h12-19,22-27,32,34-35,41,44,47,54,63-65H,6-11,20-21,28-31,33H2,1-5H3,(H,59,68)(H,60,66). The number of benzene rings is 4. The minimum Gasteiger partial charge on any atom is -0.508 e. The number of thiazole rings is 1. The number of β-amino-alcohol motifs (C(OH)–C–C–N with tert-alkyl or cyclic N) is 1. The molecule has 4 atom stereocenters. The number of carbonyl (C=O) groups excluding carboxylic acids is 4. The van der Waals surface area contributed by atoms with Crippen molar-refractivity contribution in [3.63, 3.8) is 0 Å². The number of hydrogen-bond acceptors (Lipinski definition) is 12. The first-order chi connectivity index (χ1) is 34.5. The highest BCUT2D eigenvalue weighted by Crippen LogP contribution is 2.42. The predicted octanol–water partition coefficient (Wildman–Crippen LogP) is 10.2. The molecule has 380 valence electrons. The number of aliphatic hydroxyl groups is 1. The van der Waals surface area contributed by atoms with Crippen LogP contribution in [0.1, 0.15) is 119 Å². The van der Waals surface area contributed by atoms with E-state index < -0.39 is 23.6 Å². The molecule has 3 heterocycles. The van der Waals surface area contributed by atoms with Gasteiger partial charge in [0.15, 0.2) is 5.78 Å². The third-order valence-electron chi connectivity index (χ3n) is 13.8. The average molecular weight is 1010 g/mol. The number of nitrogens with one attached hydrogen (secondary N) is 2. The molecule has 72 heavy (non-hydrogen) atoms. The number of ketones is 1. The lowest BCUT2D eigenvalue weighted by Gasteiger charge is -2.35. The Morgan fingerprint density at radius 2 is 1.50 bits per heavy atom. The fourth-order valence-corrected chi connectivity index (χ4v) is 11.6. The number of amides is 3. The van der Waals surface area contributed by atoms with Gasteiger partial charge in [-0.15, -0.1) is 22.7 Å². The number of fused-ring (bicyclic) bond motifs is 1. The van der Waals surface area contributed by atoms with Gasteiger partial charge in [0.1, 0.15) is 35.9 Å². The smallest absolute Gasteiger partial charge is 0.246 e. The molecule has 2 aromatic heterocycles. The Balaban J connectivity index is 0.752. The molecule has 0 radical (unpaired) electrons. The maximum absolute atomic E-state index is 14.2. The zero-order chi connectivity index (χ0) is 51.1. The Morgan fingerprint density at radius 1 is 0.833 bits per heavy atom. The summed E-state index contributed by atoms with van der Waals surface area (Å²) in [5, 5.41) is 37.5. The zero-order valence-corrected chi connectivity index (χ0v) is 43.5. The maximum Gasteiger partial charge on any atom is 0.246 e. The van der Waals surface area contributed by atoms with Gasteiger partial charge in [0.25, 0.3) is 0 Å². The predicted molar refractivity (Wildman–Crippen MR) is 285 cm³/mol. The topological polar surface area (TPSA) is 182 Å². The second kappa shape index (κ2) is 23.2. The van der Waals surface area contributed by atoms with Crippen LogP contribution >= 0.6 is 22.7 Å². The molecule has 1 aliphatic carbocycles. The van der Waals surface area contributed by atoms with Crippen LogP contribution < -0.4 is 15.4 Å². The summed E-state index contributed by atoms with van der Waals surface area (Å²) >= 11 is 3.01. The van der Waals surface area contributed by atoms with Crippen LogP contribution in [-0.4, -0.2) is 104 Å². The quantitative estimate of drug-likeness (QED) is 0.0324. The van der Waals surface area contributed by atoms with E-state index in [-0.39, 0.29) is 54.0 Å². The number of rotatable bonds is 22. The second-order valence-corrected chi connectivity index (χ2v) is 22.3. The molecular formula is C57H67N5O8S2. The summed E-state index contributed by atoms with van der Waals surface area (Å²) in [6, 6.07) is 25.6. The Kier molecular flexibility index (Phi) is 16.8. The summed E-state index contributed by atoms with van der Waals surface area (Å²) in [5.74, 6) is -0.0673. The van der Waals surface area contributed by atoms with Crippen molar-refractivity contribution in [2.45, 2.75) is 123 Å². The van der Waals surface area contributed by atoms with Crippen LogP contribution in [0.5, 0.6) is 17.2 Å². The number of carbonyl (C=O) groups is 4. The first-order valence-corrected chi connectivity index (χ1v) is 26.9. The molecule has 13 nitrogen and oxygen atoms in total. The number of likely N-dealkylation sites (tertiary alicyclic amines) is 1. The summed E-state index contributed by atoms with van der Waals surface area (Å²) in [7, 11) is 0. The van der Waals surface area contributed by atoms with Gasteiger partial charge >= 0.3 is 0 Å². The Hall–Kier alpha value is -6.13. The number of aromatic hydroxyl groups is 2. The van der Waals surface area contributed by atoms with Crippen molar-refractivity contribution in [3.8, 4) is 38.1 Å². The fraction of sp³-hybridized carbons (Fsp3) is 0.421. The second-order valence-electron chi connectivity index (χ2n) is 20.4. The van der Waals surface area contributed by atoms with Crippen molar-refractivity contribution in [2.75, 3.05) is 26.2 Å². The number of thiophene rings is 1. The Labute approximate surface area is 430 Å². The van der Waals surface area contributed by atoms with Gasteiger partial charge < -0.3 is 35.6 Å². The number of aliphatic hydroxyl groups excluding tert-OH is 1. The first-order valence-electron chi connectivity index (χ1n) is 25.2. The van der Waals surface area contributed by atoms with Gasteiger partial charge in [0, 0.05) is 58.1 Å². The minimum atomic E-state index is -0.867. The van der Waals surface area contributed by atoms with Crippen LogP contribution in [0.15, 0.2) is 96.5 Å². The number of hydrogen-bond donors (Lipinski definition) is 5. The molecule has 1 aliphatic heterocycles. The van der Waals surface area contributed by atoms with Gasteiger partial charge in [-0.1, -0.05) is 64.3 Å². The van der Waals surface area contributed by atoms with E-state index in [0.29, 0.717) is 42.4 Å². The molecule has 1 saturated heterocycles.